The Labute approximate surface area is 414 Å². The summed E-state index contributed by atoms with van der Waals surface area (Å²) in [4.78, 5) is 25.3. The van der Waals surface area contributed by atoms with Gasteiger partial charge in [0.15, 0.2) is 0 Å². The van der Waals surface area contributed by atoms with E-state index in [1.807, 2.05) is 21.1 Å². The van der Waals surface area contributed by atoms with Crippen molar-refractivity contribution in [1.82, 2.24) is 5.32 Å². The van der Waals surface area contributed by atoms with Gasteiger partial charge in [-0.3, -0.25) is 9.36 Å². The summed E-state index contributed by atoms with van der Waals surface area (Å²) in [6.07, 6.45) is 66.8. The molecule has 0 spiro atoms. The summed E-state index contributed by atoms with van der Waals surface area (Å²) in [6.45, 7) is 4.57. The lowest BCUT2D eigenvalue weighted by atomic mass is 10.0. The normalized spacial score (nSPS) is 14.6. The Morgan fingerprint density at radius 2 is 0.910 bits per heavy atom. The van der Waals surface area contributed by atoms with E-state index in [2.05, 4.69) is 92.1 Å². The number of phosphoric acid groups is 1. The first-order valence-corrected chi connectivity index (χ1v) is 29.2. The molecule has 0 fully saturated rings. The fraction of sp³-hybridized carbons (Fsp3) is 0.776. The van der Waals surface area contributed by atoms with E-state index < -0.39 is 20.0 Å². The van der Waals surface area contributed by atoms with Crippen molar-refractivity contribution >= 4 is 13.7 Å². The minimum absolute atomic E-state index is 0.0111. The first-order valence-electron chi connectivity index (χ1n) is 27.8. The average Bonchev–Trinajstić information content (AvgIpc) is 3.29. The number of carbonyl (C=O) groups excluding carboxylic acids is 1. The second kappa shape index (κ2) is 48.9. The molecule has 0 aromatic carbocycles. The number of carbonyl (C=O) groups is 1. The summed E-state index contributed by atoms with van der Waals surface area (Å²) in [6, 6.07) is -0.799. The van der Waals surface area contributed by atoms with Crippen LogP contribution in [0.15, 0.2) is 72.9 Å². The number of nitrogens with zero attached hydrogens (tertiary/aromatic N) is 1. The molecule has 67 heavy (non-hydrogen) atoms. The first-order chi connectivity index (χ1) is 32.5. The van der Waals surface area contributed by atoms with Crippen LogP contribution in [0.4, 0.5) is 0 Å². The average molecular weight is 959 g/mol. The largest absolute Gasteiger partial charge is 0.756 e. The molecule has 2 N–H and O–H groups in total. The number of rotatable bonds is 50. The van der Waals surface area contributed by atoms with Crippen LogP contribution in [0.1, 0.15) is 239 Å². The maximum absolute atomic E-state index is 12.9. The van der Waals surface area contributed by atoms with Crippen LogP contribution in [-0.2, 0) is 18.4 Å². The van der Waals surface area contributed by atoms with Gasteiger partial charge in [-0.2, -0.15) is 0 Å². The monoisotopic (exact) mass is 959 g/mol. The fourth-order valence-corrected chi connectivity index (χ4v) is 8.59. The van der Waals surface area contributed by atoms with Gasteiger partial charge in [-0.1, -0.05) is 241 Å². The summed E-state index contributed by atoms with van der Waals surface area (Å²) in [5.74, 6) is -0.168. The van der Waals surface area contributed by atoms with Crippen molar-refractivity contribution in [3.8, 4) is 0 Å². The third kappa shape index (κ3) is 51.6. The summed E-state index contributed by atoms with van der Waals surface area (Å²) >= 11 is 0. The highest BCUT2D eigenvalue weighted by Crippen LogP contribution is 2.38. The van der Waals surface area contributed by atoms with E-state index in [-0.39, 0.29) is 19.1 Å². The van der Waals surface area contributed by atoms with Crippen molar-refractivity contribution in [2.45, 2.75) is 251 Å². The van der Waals surface area contributed by atoms with Gasteiger partial charge in [0.1, 0.15) is 13.2 Å². The van der Waals surface area contributed by atoms with Crippen LogP contribution >= 0.6 is 7.82 Å². The lowest BCUT2D eigenvalue weighted by Crippen LogP contribution is -2.46. The number of hydrogen-bond acceptors (Lipinski definition) is 6. The lowest BCUT2D eigenvalue weighted by Gasteiger charge is -2.30. The highest BCUT2D eigenvalue weighted by molar-refractivity contribution is 7.45. The number of hydrogen-bond donors (Lipinski definition) is 2. The molecule has 0 aromatic heterocycles. The number of likely N-dealkylation sites (N-methyl/N-ethyl adjacent to an activating group) is 1. The Morgan fingerprint density at radius 3 is 1.33 bits per heavy atom. The predicted molar refractivity (Wildman–Crippen MR) is 288 cm³/mol. The van der Waals surface area contributed by atoms with Crippen LogP contribution in [0.3, 0.4) is 0 Å². The maximum Gasteiger partial charge on any atom is 0.268 e. The maximum atomic E-state index is 12.9. The van der Waals surface area contributed by atoms with Gasteiger partial charge >= 0.3 is 0 Å². The van der Waals surface area contributed by atoms with Crippen LogP contribution in [0.2, 0.25) is 0 Å². The number of quaternary nitrogens is 1. The zero-order valence-electron chi connectivity index (χ0n) is 44.3. The minimum Gasteiger partial charge on any atom is -0.756 e. The van der Waals surface area contributed by atoms with E-state index in [1.165, 1.54) is 135 Å². The summed E-state index contributed by atoms with van der Waals surface area (Å²) < 4.78 is 23.2. The van der Waals surface area contributed by atoms with Crippen molar-refractivity contribution in [2.75, 3.05) is 40.9 Å². The molecule has 0 rings (SSSR count). The van der Waals surface area contributed by atoms with Crippen molar-refractivity contribution in [1.29, 1.82) is 0 Å². The van der Waals surface area contributed by atoms with Gasteiger partial charge in [0.25, 0.3) is 7.82 Å². The molecule has 0 aliphatic rings. The van der Waals surface area contributed by atoms with Gasteiger partial charge in [-0.25, -0.2) is 0 Å². The molecule has 0 radical (unpaired) electrons. The van der Waals surface area contributed by atoms with E-state index in [0.29, 0.717) is 23.9 Å². The Hall–Kier alpha value is -2.06. The molecule has 9 heteroatoms. The molecule has 0 aliphatic carbocycles. The lowest BCUT2D eigenvalue weighted by molar-refractivity contribution is -0.870. The Morgan fingerprint density at radius 1 is 0.537 bits per heavy atom. The van der Waals surface area contributed by atoms with Crippen LogP contribution < -0.4 is 10.2 Å². The van der Waals surface area contributed by atoms with E-state index >= 15 is 0 Å². The summed E-state index contributed by atoms with van der Waals surface area (Å²) in [5, 5.41) is 13.9. The molecule has 0 saturated heterocycles. The van der Waals surface area contributed by atoms with Gasteiger partial charge in [0, 0.05) is 6.42 Å². The van der Waals surface area contributed by atoms with Gasteiger partial charge < -0.3 is 28.8 Å². The SMILES string of the molecule is CC/C=C\C/C=C\C/C=C\C/C=C\C/C=C\C/C=C\CCCCCCCCCCCCCCCCCCCCC(=O)NC(COP(=O)([O-])OCC[N+](C)(C)C)C(O)CCCCCCCCCC. The van der Waals surface area contributed by atoms with Gasteiger partial charge in [0.05, 0.1) is 39.9 Å². The molecule has 8 nitrogen and oxygen atoms in total. The quantitative estimate of drug-likeness (QED) is 0.0272. The highest BCUT2D eigenvalue weighted by Gasteiger charge is 2.24. The smallest absolute Gasteiger partial charge is 0.268 e. The van der Waals surface area contributed by atoms with Crippen LogP contribution in [-0.4, -0.2) is 68.5 Å². The molecular weight excluding hydrogens is 852 g/mol. The minimum atomic E-state index is -4.56. The molecule has 0 aliphatic heterocycles. The van der Waals surface area contributed by atoms with Gasteiger partial charge in [-0.05, 0) is 64.2 Å². The molecule has 3 atom stereocenters. The van der Waals surface area contributed by atoms with Crippen molar-refractivity contribution in [2.24, 2.45) is 0 Å². The zero-order valence-corrected chi connectivity index (χ0v) is 45.2. The second-order valence-corrected chi connectivity index (χ2v) is 21.3. The number of amides is 1. The predicted octanol–water partition coefficient (Wildman–Crippen LogP) is 16.1. The summed E-state index contributed by atoms with van der Waals surface area (Å²) in [7, 11) is 1.30. The van der Waals surface area contributed by atoms with Crippen LogP contribution in [0.5, 0.6) is 0 Å². The standard InChI is InChI=1S/C58H107N2O6P/c1-6-8-10-12-14-16-17-18-19-20-21-22-23-24-25-26-27-28-29-30-31-32-33-34-35-36-37-38-39-40-41-42-43-44-46-48-50-52-58(62)59-56(55-66-67(63,64)65-54-53-60(3,4)5)57(61)51-49-47-45-15-13-11-9-7-2/h8,10,14,16,18-19,21-22,24-25,27-28,56-57,61H,6-7,9,11-13,15,17,20,23,26,29-55H2,1-5H3,(H-,59,62,63,64)/b10-8-,16-14-,19-18-,22-21-,25-24-,28-27-. The van der Waals surface area contributed by atoms with E-state index in [9.17, 15) is 19.4 Å². The van der Waals surface area contributed by atoms with E-state index in [0.717, 1.165) is 77.0 Å². The number of aliphatic hydroxyl groups is 1. The highest BCUT2D eigenvalue weighted by atomic mass is 31.2. The third-order valence-electron chi connectivity index (χ3n) is 12.2. The van der Waals surface area contributed by atoms with E-state index in [1.54, 1.807) is 0 Å². The van der Waals surface area contributed by atoms with E-state index in [4.69, 9.17) is 9.05 Å². The Balaban J connectivity index is 3.87. The fourth-order valence-electron chi connectivity index (χ4n) is 7.87. The molecule has 0 heterocycles. The topological polar surface area (TPSA) is 108 Å². The number of nitrogens with one attached hydrogen (secondary N) is 1. The van der Waals surface area contributed by atoms with Crippen molar-refractivity contribution in [3.63, 3.8) is 0 Å². The van der Waals surface area contributed by atoms with Crippen molar-refractivity contribution in [3.05, 3.63) is 72.9 Å². The molecule has 3 unspecified atom stereocenters. The second-order valence-electron chi connectivity index (χ2n) is 19.9. The third-order valence-corrected chi connectivity index (χ3v) is 13.2. The zero-order chi connectivity index (χ0) is 49.2. The number of allylic oxidation sites excluding steroid dienone is 12. The molecule has 0 saturated carbocycles. The molecule has 0 bridgehead atoms. The first kappa shape index (κ1) is 64.9. The Kier molecular flexibility index (Phi) is 47.4. The number of unbranched alkanes of at least 4 members (excludes halogenated alkanes) is 25. The molecule has 0 aromatic rings. The molecule has 390 valence electrons. The number of phosphoric ester groups is 1. The Bertz CT molecular complexity index is 1320. The van der Waals surface area contributed by atoms with Crippen LogP contribution in [0, 0.1) is 0 Å². The van der Waals surface area contributed by atoms with Crippen molar-refractivity contribution < 1.29 is 32.9 Å². The van der Waals surface area contributed by atoms with Gasteiger partial charge in [-0.15, -0.1) is 0 Å². The molecular formula is C58H107N2O6P. The molecule has 1 amide bonds. The van der Waals surface area contributed by atoms with Crippen LogP contribution in [0.25, 0.3) is 0 Å². The van der Waals surface area contributed by atoms with Gasteiger partial charge in [0.2, 0.25) is 5.91 Å². The number of aliphatic hydroxyl groups excluding tert-OH is 1. The summed E-state index contributed by atoms with van der Waals surface area (Å²) in [5.41, 5.74) is 0.